The SMILES string of the molecule is CCOc1ccc(C#Cc2cc(F)c(F)nc2F)cc1. The number of nitrogens with zero attached hydrogens (tertiary/aromatic N) is 1. The fourth-order valence-corrected chi connectivity index (χ4v) is 1.47. The first-order chi connectivity index (χ1) is 9.60. The van der Waals surface area contributed by atoms with Gasteiger partial charge in [0.05, 0.1) is 12.2 Å². The van der Waals surface area contributed by atoms with Gasteiger partial charge in [-0.15, -0.1) is 0 Å². The number of pyridine rings is 1. The summed E-state index contributed by atoms with van der Waals surface area (Å²) in [5.74, 6) is 1.90. The molecule has 0 fully saturated rings. The summed E-state index contributed by atoms with van der Waals surface area (Å²) in [6.45, 7) is 2.42. The maximum Gasteiger partial charge on any atom is 0.251 e. The van der Waals surface area contributed by atoms with Crippen LogP contribution in [0.15, 0.2) is 30.3 Å². The smallest absolute Gasteiger partial charge is 0.251 e. The third kappa shape index (κ3) is 3.29. The summed E-state index contributed by atoms with van der Waals surface area (Å²) in [4.78, 5) is 2.79. The van der Waals surface area contributed by atoms with E-state index in [9.17, 15) is 13.2 Å². The normalized spacial score (nSPS) is 9.80. The monoisotopic (exact) mass is 277 g/mol. The van der Waals surface area contributed by atoms with Crippen LogP contribution in [0, 0.1) is 29.6 Å². The van der Waals surface area contributed by atoms with Crippen molar-refractivity contribution in [1.29, 1.82) is 0 Å². The molecule has 1 heterocycles. The molecule has 0 N–H and O–H groups in total. The largest absolute Gasteiger partial charge is 0.494 e. The molecule has 0 spiro atoms. The van der Waals surface area contributed by atoms with Gasteiger partial charge >= 0.3 is 0 Å². The Labute approximate surface area is 114 Å². The number of ether oxygens (including phenoxy) is 1. The van der Waals surface area contributed by atoms with Gasteiger partial charge in [-0.05, 0) is 37.3 Å². The van der Waals surface area contributed by atoms with E-state index in [4.69, 9.17) is 4.74 Å². The van der Waals surface area contributed by atoms with Crippen LogP contribution >= 0.6 is 0 Å². The number of aromatic nitrogens is 1. The lowest BCUT2D eigenvalue weighted by Crippen LogP contribution is -1.97. The van der Waals surface area contributed by atoms with E-state index >= 15 is 0 Å². The molecule has 102 valence electrons. The minimum absolute atomic E-state index is 0.294. The van der Waals surface area contributed by atoms with Gasteiger partial charge in [0.15, 0.2) is 5.82 Å². The van der Waals surface area contributed by atoms with Crippen LogP contribution in [0.1, 0.15) is 18.1 Å². The number of hydrogen-bond acceptors (Lipinski definition) is 2. The van der Waals surface area contributed by atoms with E-state index in [0.717, 1.165) is 0 Å². The topological polar surface area (TPSA) is 22.1 Å². The molecular weight excluding hydrogens is 267 g/mol. The number of halogens is 3. The minimum atomic E-state index is -1.48. The molecule has 0 aliphatic heterocycles. The van der Waals surface area contributed by atoms with Crippen molar-refractivity contribution < 1.29 is 17.9 Å². The molecule has 1 aromatic carbocycles. The molecule has 0 amide bonds. The lowest BCUT2D eigenvalue weighted by Gasteiger charge is -2.01. The molecule has 0 bridgehead atoms. The molecule has 2 nitrogen and oxygen atoms in total. The van der Waals surface area contributed by atoms with Gasteiger partial charge in [0.2, 0.25) is 5.95 Å². The van der Waals surface area contributed by atoms with Crippen LogP contribution in [-0.2, 0) is 0 Å². The molecule has 20 heavy (non-hydrogen) atoms. The average Bonchev–Trinajstić information content (AvgIpc) is 2.43. The summed E-state index contributed by atoms with van der Waals surface area (Å²) in [5, 5.41) is 0. The summed E-state index contributed by atoms with van der Waals surface area (Å²) in [6, 6.07) is 7.48. The molecule has 0 radical (unpaired) electrons. The van der Waals surface area contributed by atoms with Crippen molar-refractivity contribution in [2.45, 2.75) is 6.92 Å². The Morgan fingerprint density at radius 2 is 1.75 bits per heavy atom. The first-order valence-corrected chi connectivity index (χ1v) is 5.86. The zero-order chi connectivity index (χ0) is 14.5. The van der Waals surface area contributed by atoms with Crippen LogP contribution in [0.4, 0.5) is 13.2 Å². The summed E-state index contributed by atoms with van der Waals surface area (Å²) < 4.78 is 44.1. The van der Waals surface area contributed by atoms with Gasteiger partial charge in [-0.2, -0.15) is 13.8 Å². The second kappa shape index (κ2) is 6.11. The van der Waals surface area contributed by atoms with Crippen molar-refractivity contribution in [2.24, 2.45) is 0 Å². The van der Waals surface area contributed by atoms with Crippen LogP contribution in [0.2, 0.25) is 0 Å². The van der Waals surface area contributed by atoms with E-state index in [1.807, 2.05) is 6.92 Å². The van der Waals surface area contributed by atoms with Crippen LogP contribution in [0.5, 0.6) is 5.75 Å². The first-order valence-electron chi connectivity index (χ1n) is 5.86. The van der Waals surface area contributed by atoms with E-state index in [1.54, 1.807) is 24.3 Å². The summed E-state index contributed by atoms with van der Waals surface area (Å²) >= 11 is 0. The third-order valence-electron chi connectivity index (χ3n) is 2.39. The zero-order valence-electron chi connectivity index (χ0n) is 10.6. The molecular formula is C15H10F3NO. The standard InChI is InChI=1S/C15H10F3NO/c1-2-20-12-7-4-10(5-8-12)3-6-11-9-13(16)15(18)19-14(11)17/h4-5,7-9H,2H2,1H3. The van der Waals surface area contributed by atoms with Crippen molar-refractivity contribution in [3.8, 4) is 17.6 Å². The predicted molar refractivity (Wildman–Crippen MR) is 67.7 cm³/mol. The zero-order valence-corrected chi connectivity index (χ0v) is 10.6. The van der Waals surface area contributed by atoms with Crippen molar-refractivity contribution in [3.63, 3.8) is 0 Å². The third-order valence-corrected chi connectivity index (χ3v) is 2.39. The second-order valence-corrected chi connectivity index (χ2v) is 3.81. The van der Waals surface area contributed by atoms with Gasteiger partial charge in [-0.3, -0.25) is 0 Å². The van der Waals surface area contributed by atoms with Crippen LogP contribution in [-0.4, -0.2) is 11.6 Å². The average molecular weight is 277 g/mol. The summed E-state index contributed by atoms with van der Waals surface area (Å²) in [5.41, 5.74) is 0.301. The van der Waals surface area contributed by atoms with Crippen molar-refractivity contribution in [1.82, 2.24) is 4.98 Å². The maximum absolute atomic E-state index is 13.3. The minimum Gasteiger partial charge on any atom is -0.494 e. The Morgan fingerprint density at radius 1 is 1.05 bits per heavy atom. The number of benzene rings is 1. The van der Waals surface area contributed by atoms with Gasteiger partial charge in [-0.1, -0.05) is 11.8 Å². The Morgan fingerprint density at radius 3 is 2.40 bits per heavy atom. The van der Waals surface area contributed by atoms with Crippen LogP contribution in [0.3, 0.4) is 0 Å². The van der Waals surface area contributed by atoms with Crippen LogP contribution < -0.4 is 4.74 Å². The molecule has 0 saturated heterocycles. The van der Waals surface area contributed by atoms with Crippen LogP contribution in [0.25, 0.3) is 0 Å². The molecule has 0 aliphatic carbocycles. The first kappa shape index (κ1) is 13.9. The molecule has 5 heteroatoms. The fraction of sp³-hybridized carbons (Fsp3) is 0.133. The van der Waals surface area contributed by atoms with E-state index in [-0.39, 0.29) is 5.56 Å². The van der Waals surface area contributed by atoms with E-state index in [0.29, 0.717) is 24.0 Å². The van der Waals surface area contributed by atoms with Crippen molar-refractivity contribution >= 4 is 0 Å². The Balaban J connectivity index is 2.24. The van der Waals surface area contributed by atoms with E-state index < -0.39 is 17.7 Å². The molecule has 1 aromatic heterocycles. The lowest BCUT2D eigenvalue weighted by molar-refractivity contribution is 0.340. The highest BCUT2D eigenvalue weighted by Crippen LogP contribution is 2.12. The highest BCUT2D eigenvalue weighted by Gasteiger charge is 2.09. The molecule has 0 atom stereocenters. The van der Waals surface area contributed by atoms with Gasteiger partial charge in [0, 0.05) is 5.56 Å². The van der Waals surface area contributed by atoms with E-state index in [1.165, 1.54) is 0 Å². The molecule has 2 rings (SSSR count). The Hall–Kier alpha value is -2.48. The fourth-order valence-electron chi connectivity index (χ4n) is 1.47. The van der Waals surface area contributed by atoms with Gasteiger partial charge in [0.1, 0.15) is 5.75 Å². The summed E-state index contributed by atoms with van der Waals surface area (Å²) in [6.07, 6.45) is 0. The van der Waals surface area contributed by atoms with Gasteiger partial charge in [-0.25, -0.2) is 4.39 Å². The highest BCUT2D eigenvalue weighted by molar-refractivity contribution is 5.44. The second-order valence-electron chi connectivity index (χ2n) is 3.81. The maximum atomic E-state index is 13.3. The van der Waals surface area contributed by atoms with Crippen molar-refractivity contribution in [3.05, 3.63) is 59.2 Å². The number of hydrogen-bond donors (Lipinski definition) is 0. The van der Waals surface area contributed by atoms with Crippen molar-refractivity contribution in [2.75, 3.05) is 6.61 Å². The van der Waals surface area contributed by atoms with Gasteiger partial charge < -0.3 is 4.74 Å². The predicted octanol–water partition coefficient (Wildman–Crippen LogP) is 3.30. The molecule has 0 unspecified atom stereocenters. The Bertz CT molecular complexity index is 672. The van der Waals surface area contributed by atoms with Gasteiger partial charge in [0.25, 0.3) is 5.95 Å². The summed E-state index contributed by atoms with van der Waals surface area (Å²) in [7, 11) is 0. The highest BCUT2D eigenvalue weighted by atomic mass is 19.2. The number of rotatable bonds is 2. The quantitative estimate of drug-likeness (QED) is 0.620. The Kier molecular flexibility index (Phi) is 4.26. The molecule has 0 aliphatic rings. The molecule has 2 aromatic rings. The molecule has 0 saturated carbocycles. The van der Waals surface area contributed by atoms with E-state index in [2.05, 4.69) is 16.8 Å². The lowest BCUT2D eigenvalue weighted by atomic mass is 10.2.